The van der Waals surface area contributed by atoms with Crippen LogP contribution in [0, 0.1) is 5.41 Å². The van der Waals surface area contributed by atoms with Gasteiger partial charge < -0.3 is 4.90 Å². The fraction of sp³-hybridized carbons (Fsp3) is 0.222. The highest BCUT2D eigenvalue weighted by Gasteiger charge is 2.43. The van der Waals surface area contributed by atoms with E-state index in [1.807, 2.05) is 80.3 Å². The molecular weight excluding hydrogens is 390 g/mol. The second kappa shape index (κ2) is 8.12. The minimum atomic E-state index is -0.499. The quantitative estimate of drug-likeness (QED) is 0.453. The molecule has 0 N–H and O–H groups in total. The number of fused-ring (bicyclic) bond motifs is 1. The van der Waals surface area contributed by atoms with Crippen molar-refractivity contribution >= 4 is 29.3 Å². The molecule has 0 radical (unpaired) electrons. The zero-order valence-electron chi connectivity index (χ0n) is 17.5. The summed E-state index contributed by atoms with van der Waals surface area (Å²) >= 11 is 6.39. The number of carbonyl (C=O) groups is 1. The van der Waals surface area contributed by atoms with Crippen molar-refractivity contribution < 1.29 is 4.79 Å². The van der Waals surface area contributed by atoms with Crippen LogP contribution in [0.1, 0.15) is 43.4 Å². The SMILES string of the molecule is CC(C)(C)C(=O)N1c2ccc(Cl)cc2[C@@H](c2ccccc2)[C@@H]1/C=C/c1ccccc1. The first kappa shape index (κ1) is 20.4. The lowest BCUT2D eigenvalue weighted by Gasteiger charge is -2.32. The number of hydrogen-bond acceptors (Lipinski definition) is 1. The third-order valence-electron chi connectivity index (χ3n) is 5.53. The van der Waals surface area contributed by atoms with Crippen LogP contribution >= 0.6 is 11.6 Å². The van der Waals surface area contributed by atoms with Gasteiger partial charge in [-0.15, -0.1) is 0 Å². The van der Waals surface area contributed by atoms with Crippen molar-refractivity contribution in [2.24, 2.45) is 5.41 Å². The summed E-state index contributed by atoms with van der Waals surface area (Å²) < 4.78 is 0. The molecule has 1 aliphatic rings. The number of nitrogens with zero attached hydrogens (tertiary/aromatic N) is 1. The number of hydrogen-bond donors (Lipinski definition) is 0. The van der Waals surface area contributed by atoms with E-state index in [0.29, 0.717) is 5.02 Å². The van der Waals surface area contributed by atoms with Crippen LogP contribution in [-0.2, 0) is 4.79 Å². The summed E-state index contributed by atoms with van der Waals surface area (Å²) in [7, 11) is 0. The Labute approximate surface area is 183 Å². The van der Waals surface area contributed by atoms with Crippen LogP contribution in [0.25, 0.3) is 6.08 Å². The van der Waals surface area contributed by atoms with Crippen molar-refractivity contribution in [1.82, 2.24) is 0 Å². The van der Waals surface area contributed by atoms with Gasteiger partial charge in [0.05, 0.1) is 6.04 Å². The number of benzene rings is 3. The summed E-state index contributed by atoms with van der Waals surface area (Å²) in [6.45, 7) is 5.91. The van der Waals surface area contributed by atoms with Crippen molar-refractivity contribution in [1.29, 1.82) is 0 Å². The first-order valence-corrected chi connectivity index (χ1v) is 10.7. The molecule has 0 aromatic heterocycles. The lowest BCUT2D eigenvalue weighted by molar-refractivity contribution is -0.126. The standard InChI is InChI=1S/C27H26ClNO/c1-27(2,3)26(30)29-23-17-15-21(28)18-22(23)25(20-12-8-5-9-13-20)24(29)16-14-19-10-6-4-7-11-19/h4-18,24-25H,1-3H3/b16-14+/t24-,25+/m0/s1. The molecule has 1 heterocycles. The Balaban J connectivity index is 1.89. The van der Waals surface area contributed by atoms with E-state index in [0.717, 1.165) is 16.8 Å². The number of carbonyl (C=O) groups excluding carboxylic acids is 1. The first-order chi connectivity index (χ1) is 14.4. The third-order valence-corrected chi connectivity index (χ3v) is 5.76. The number of rotatable bonds is 3. The van der Waals surface area contributed by atoms with Gasteiger partial charge in [0.1, 0.15) is 0 Å². The molecule has 0 spiro atoms. The van der Waals surface area contributed by atoms with Crippen LogP contribution in [0.5, 0.6) is 0 Å². The maximum Gasteiger partial charge on any atom is 0.232 e. The molecule has 0 saturated heterocycles. The number of halogens is 1. The lowest BCUT2D eigenvalue weighted by atomic mass is 9.86. The van der Waals surface area contributed by atoms with Crippen LogP contribution in [0.2, 0.25) is 5.02 Å². The van der Waals surface area contributed by atoms with Gasteiger partial charge in [-0.05, 0) is 34.9 Å². The minimum absolute atomic E-state index is 0.0196. The fourth-order valence-corrected chi connectivity index (χ4v) is 4.28. The smallest absolute Gasteiger partial charge is 0.232 e. The van der Waals surface area contributed by atoms with Gasteiger partial charge in [0, 0.05) is 22.0 Å². The van der Waals surface area contributed by atoms with Crippen molar-refractivity contribution in [3.8, 4) is 0 Å². The first-order valence-electron chi connectivity index (χ1n) is 10.3. The monoisotopic (exact) mass is 415 g/mol. The van der Waals surface area contributed by atoms with Crippen molar-refractivity contribution in [2.45, 2.75) is 32.7 Å². The van der Waals surface area contributed by atoms with Gasteiger partial charge in [0.2, 0.25) is 5.91 Å². The van der Waals surface area contributed by atoms with Crippen LogP contribution < -0.4 is 4.90 Å². The summed E-state index contributed by atoms with van der Waals surface area (Å²) in [5.74, 6) is 0.123. The van der Waals surface area contributed by atoms with E-state index in [2.05, 4.69) is 36.4 Å². The average Bonchev–Trinajstić information content (AvgIpc) is 3.05. The van der Waals surface area contributed by atoms with E-state index < -0.39 is 5.41 Å². The van der Waals surface area contributed by atoms with Gasteiger partial charge in [0.15, 0.2) is 0 Å². The molecule has 1 aliphatic heterocycles. The normalized spacial score (nSPS) is 18.6. The second-order valence-electron chi connectivity index (χ2n) is 8.78. The Morgan fingerprint density at radius 2 is 1.57 bits per heavy atom. The maximum atomic E-state index is 13.6. The topological polar surface area (TPSA) is 20.3 Å². The molecule has 1 amide bonds. The molecule has 0 bridgehead atoms. The molecule has 3 aromatic carbocycles. The maximum absolute atomic E-state index is 13.6. The minimum Gasteiger partial charge on any atom is -0.304 e. The third kappa shape index (κ3) is 3.93. The predicted molar refractivity (Wildman–Crippen MR) is 126 cm³/mol. The molecule has 0 aliphatic carbocycles. The van der Waals surface area contributed by atoms with E-state index in [1.54, 1.807) is 0 Å². The second-order valence-corrected chi connectivity index (χ2v) is 9.21. The van der Waals surface area contributed by atoms with Gasteiger partial charge in [-0.2, -0.15) is 0 Å². The molecule has 3 aromatic rings. The predicted octanol–water partition coefficient (Wildman–Crippen LogP) is 6.95. The highest BCUT2D eigenvalue weighted by atomic mass is 35.5. The Morgan fingerprint density at radius 1 is 0.933 bits per heavy atom. The Kier molecular flexibility index (Phi) is 5.53. The zero-order chi connectivity index (χ0) is 21.3. The zero-order valence-corrected chi connectivity index (χ0v) is 18.3. The van der Waals surface area contributed by atoms with Crippen LogP contribution in [0.4, 0.5) is 5.69 Å². The summed E-state index contributed by atoms with van der Waals surface area (Å²) in [5.41, 5.74) is 3.82. The molecule has 30 heavy (non-hydrogen) atoms. The Hall–Kier alpha value is -2.84. The molecule has 2 nitrogen and oxygen atoms in total. The van der Waals surface area contributed by atoms with Gasteiger partial charge >= 0.3 is 0 Å². The van der Waals surface area contributed by atoms with E-state index >= 15 is 0 Å². The highest BCUT2D eigenvalue weighted by molar-refractivity contribution is 6.30. The van der Waals surface area contributed by atoms with Crippen molar-refractivity contribution in [2.75, 3.05) is 4.90 Å². The molecular formula is C27H26ClNO. The Morgan fingerprint density at radius 3 is 2.20 bits per heavy atom. The Bertz CT molecular complexity index is 1070. The highest BCUT2D eigenvalue weighted by Crippen LogP contribution is 2.47. The summed E-state index contributed by atoms with van der Waals surface area (Å²) in [5, 5.41) is 0.686. The molecule has 3 heteroatoms. The van der Waals surface area contributed by atoms with E-state index in [9.17, 15) is 4.79 Å². The summed E-state index contributed by atoms with van der Waals surface area (Å²) in [6, 6.07) is 26.3. The van der Waals surface area contributed by atoms with Crippen LogP contribution in [0.3, 0.4) is 0 Å². The molecule has 4 rings (SSSR count). The van der Waals surface area contributed by atoms with Gasteiger partial charge in [-0.1, -0.05) is 105 Å². The number of amides is 1. The number of anilines is 1. The average molecular weight is 416 g/mol. The lowest BCUT2D eigenvalue weighted by Crippen LogP contribution is -2.44. The molecule has 0 unspecified atom stereocenters. The van der Waals surface area contributed by atoms with Gasteiger partial charge in [-0.3, -0.25) is 4.79 Å². The fourth-order valence-electron chi connectivity index (χ4n) is 4.10. The van der Waals surface area contributed by atoms with Crippen LogP contribution in [-0.4, -0.2) is 11.9 Å². The molecule has 2 atom stereocenters. The summed E-state index contributed by atoms with van der Waals surface area (Å²) in [6.07, 6.45) is 4.27. The van der Waals surface area contributed by atoms with Gasteiger partial charge in [-0.25, -0.2) is 0 Å². The largest absolute Gasteiger partial charge is 0.304 e. The van der Waals surface area contributed by atoms with Crippen molar-refractivity contribution in [3.05, 3.63) is 107 Å². The van der Waals surface area contributed by atoms with Gasteiger partial charge in [0.25, 0.3) is 0 Å². The molecule has 0 fully saturated rings. The molecule has 0 saturated carbocycles. The summed E-state index contributed by atoms with van der Waals surface area (Å²) in [4.78, 5) is 15.5. The van der Waals surface area contributed by atoms with Crippen molar-refractivity contribution in [3.63, 3.8) is 0 Å². The van der Waals surface area contributed by atoms with E-state index in [-0.39, 0.29) is 17.9 Å². The van der Waals surface area contributed by atoms with Crippen LogP contribution in [0.15, 0.2) is 84.9 Å². The van der Waals surface area contributed by atoms with E-state index in [4.69, 9.17) is 11.6 Å². The van der Waals surface area contributed by atoms with E-state index in [1.165, 1.54) is 5.56 Å². The molecule has 152 valence electrons.